The number of nitrogens with zero attached hydrogens (tertiary/aromatic N) is 2. The van der Waals surface area contributed by atoms with Gasteiger partial charge in [-0.15, -0.1) is 0 Å². The molecule has 0 aromatic heterocycles. The predicted octanol–water partition coefficient (Wildman–Crippen LogP) is 2.88. The molecular weight excluding hydrogens is 253 g/mol. The van der Waals surface area contributed by atoms with Crippen molar-refractivity contribution in [2.45, 2.75) is 26.3 Å². The number of nitrogens with one attached hydrogen (secondary N) is 1. The third-order valence-corrected chi connectivity index (χ3v) is 3.45. The fourth-order valence-electron chi connectivity index (χ4n) is 2.22. The molecule has 1 aromatic carbocycles. The Morgan fingerprint density at radius 3 is 2.50 bits per heavy atom. The standard InChI is InChI=1S/C16H28FN3/c1-6-10-18-13(2)14-8-7-9-15(17)16(14)20(5)12-11-19(3)4/h7-9,13,18H,6,10-12H2,1-5H3. The van der Waals surface area contributed by atoms with Gasteiger partial charge >= 0.3 is 0 Å². The van der Waals surface area contributed by atoms with E-state index in [9.17, 15) is 4.39 Å². The average Bonchev–Trinajstić information content (AvgIpc) is 2.41. The molecule has 114 valence electrons. The summed E-state index contributed by atoms with van der Waals surface area (Å²) >= 11 is 0. The number of halogens is 1. The molecule has 0 radical (unpaired) electrons. The minimum absolute atomic E-state index is 0.145. The van der Waals surface area contributed by atoms with Crippen LogP contribution in [0, 0.1) is 5.82 Å². The van der Waals surface area contributed by atoms with Crippen LogP contribution < -0.4 is 10.2 Å². The highest BCUT2D eigenvalue weighted by Gasteiger charge is 2.17. The van der Waals surface area contributed by atoms with E-state index in [1.165, 1.54) is 6.07 Å². The van der Waals surface area contributed by atoms with Gasteiger partial charge in [-0.05, 0) is 45.6 Å². The first-order valence-electron chi connectivity index (χ1n) is 7.35. The van der Waals surface area contributed by atoms with Gasteiger partial charge in [0.05, 0.1) is 5.69 Å². The van der Waals surface area contributed by atoms with Gasteiger partial charge in [-0.2, -0.15) is 0 Å². The molecule has 0 saturated heterocycles. The van der Waals surface area contributed by atoms with E-state index in [1.54, 1.807) is 6.07 Å². The Morgan fingerprint density at radius 1 is 1.20 bits per heavy atom. The number of hydrogen-bond acceptors (Lipinski definition) is 3. The molecule has 3 nitrogen and oxygen atoms in total. The quantitative estimate of drug-likeness (QED) is 0.790. The van der Waals surface area contributed by atoms with Crippen LogP contribution in [0.3, 0.4) is 0 Å². The molecule has 0 spiro atoms. The molecule has 0 saturated carbocycles. The van der Waals surface area contributed by atoms with Crippen molar-refractivity contribution in [3.63, 3.8) is 0 Å². The van der Waals surface area contributed by atoms with Crippen LogP contribution >= 0.6 is 0 Å². The maximum atomic E-state index is 14.2. The number of para-hydroxylation sites is 1. The fourth-order valence-corrected chi connectivity index (χ4v) is 2.22. The van der Waals surface area contributed by atoms with Crippen LogP contribution in [0.2, 0.25) is 0 Å². The van der Waals surface area contributed by atoms with Gasteiger partial charge in [0.2, 0.25) is 0 Å². The summed E-state index contributed by atoms with van der Waals surface area (Å²) in [7, 11) is 6.01. The molecule has 0 amide bonds. The van der Waals surface area contributed by atoms with E-state index in [0.29, 0.717) is 5.69 Å². The lowest BCUT2D eigenvalue weighted by atomic mass is 10.0. The van der Waals surface area contributed by atoms with Crippen molar-refractivity contribution in [2.24, 2.45) is 0 Å². The van der Waals surface area contributed by atoms with Crippen molar-refractivity contribution >= 4 is 5.69 Å². The first kappa shape index (κ1) is 16.9. The van der Waals surface area contributed by atoms with Crippen LogP contribution in [-0.4, -0.2) is 45.7 Å². The summed E-state index contributed by atoms with van der Waals surface area (Å²) in [5.41, 5.74) is 1.74. The fraction of sp³-hybridized carbons (Fsp3) is 0.625. The Morgan fingerprint density at radius 2 is 1.90 bits per heavy atom. The van der Waals surface area contributed by atoms with Gasteiger partial charge in [-0.3, -0.25) is 0 Å². The highest BCUT2D eigenvalue weighted by Crippen LogP contribution is 2.28. The van der Waals surface area contributed by atoms with Gasteiger partial charge in [-0.25, -0.2) is 4.39 Å². The van der Waals surface area contributed by atoms with Crippen molar-refractivity contribution < 1.29 is 4.39 Å². The molecule has 4 heteroatoms. The van der Waals surface area contributed by atoms with Crippen LogP contribution in [-0.2, 0) is 0 Å². The van der Waals surface area contributed by atoms with Gasteiger partial charge in [0, 0.05) is 26.2 Å². The Balaban J connectivity index is 2.92. The number of rotatable bonds is 8. The summed E-state index contributed by atoms with van der Waals surface area (Å²) < 4.78 is 14.2. The molecule has 0 aliphatic rings. The summed E-state index contributed by atoms with van der Waals surface area (Å²) in [6, 6.07) is 5.50. The van der Waals surface area contributed by atoms with E-state index in [1.807, 2.05) is 32.1 Å². The zero-order valence-electron chi connectivity index (χ0n) is 13.4. The first-order chi connectivity index (χ1) is 9.47. The molecule has 1 atom stereocenters. The van der Waals surface area contributed by atoms with Gasteiger partial charge in [-0.1, -0.05) is 19.1 Å². The summed E-state index contributed by atoms with van der Waals surface area (Å²) in [6.45, 7) is 6.88. The predicted molar refractivity (Wildman–Crippen MR) is 84.9 cm³/mol. The molecule has 1 rings (SSSR count). The second-order valence-electron chi connectivity index (χ2n) is 5.58. The lowest BCUT2D eigenvalue weighted by Crippen LogP contribution is -2.31. The van der Waals surface area contributed by atoms with Crippen LogP contribution in [0.4, 0.5) is 10.1 Å². The average molecular weight is 281 g/mol. The zero-order chi connectivity index (χ0) is 15.1. The number of anilines is 1. The molecular formula is C16H28FN3. The molecule has 0 bridgehead atoms. The summed E-state index contributed by atoms with van der Waals surface area (Å²) in [5, 5.41) is 3.43. The highest BCUT2D eigenvalue weighted by molar-refractivity contribution is 5.55. The second kappa shape index (κ2) is 8.22. The third-order valence-electron chi connectivity index (χ3n) is 3.45. The maximum absolute atomic E-state index is 14.2. The Kier molecular flexibility index (Phi) is 6.96. The lowest BCUT2D eigenvalue weighted by Gasteiger charge is -2.27. The first-order valence-corrected chi connectivity index (χ1v) is 7.35. The Hall–Kier alpha value is -1.13. The van der Waals surface area contributed by atoms with Gasteiger partial charge in [0.1, 0.15) is 5.82 Å². The molecule has 0 heterocycles. The SMILES string of the molecule is CCCNC(C)c1cccc(F)c1N(C)CCN(C)C. The minimum Gasteiger partial charge on any atom is -0.371 e. The summed E-state index contributed by atoms with van der Waals surface area (Å²) in [4.78, 5) is 4.12. The molecule has 0 aliphatic carbocycles. The van der Waals surface area contributed by atoms with Crippen LogP contribution in [0.1, 0.15) is 31.9 Å². The number of benzene rings is 1. The minimum atomic E-state index is -0.145. The number of hydrogen-bond donors (Lipinski definition) is 1. The van der Waals surface area contributed by atoms with Crippen molar-refractivity contribution in [1.82, 2.24) is 10.2 Å². The topological polar surface area (TPSA) is 18.5 Å². The third kappa shape index (κ3) is 4.76. The normalized spacial score (nSPS) is 12.8. The van der Waals surface area contributed by atoms with E-state index in [0.717, 1.165) is 31.6 Å². The van der Waals surface area contributed by atoms with Gasteiger partial charge in [0.15, 0.2) is 0 Å². The van der Waals surface area contributed by atoms with E-state index >= 15 is 0 Å². The van der Waals surface area contributed by atoms with E-state index in [2.05, 4.69) is 24.1 Å². The zero-order valence-corrected chi connectivity index (χ0v) is 13.4. The van der Waals surface area contributed by atoms with Crippen molar-refractivity contribution in [3.8, 4) is 0 Å². The summed E-state index contributed by atoms with van der Waals surface area (Å²) in [6.07, 6.45) is 1.07. The molecule has 20 heavy (non-hydrogen) atoms. The van der Waals surface area contributed by atoms with Crippen molar-refractivity contribution in [2.75, 3.05) is 45.7 Å². The van der Waals surface area contributed by atoms with E-state index < -0.39 is 0 Å². The molecule has 1 unspecified atom stereocenters. The van der Waals surface area contributed by atoms with Gasteiger partial charge < -0.3 is 15.1 Å². The van der Waals surface area contributed by atoms with E-state index in [-0.39, 0.29) is 11.9 Å². The van der Waals surface area contributed by atoms with Crippen LogP contribution in [0.5, 0.6) is 0 Å². The van der Waals surface area contributed by atoms with Crippen LogP contribution in [0.15, 0.2) is 18.2 Å². The van der Waals surface area contributed by atoms with Gasteiger partial charge in [0.25, 0.3) is 0 Å². The summed E-state index contributed by atoms with van der Waals surface area (Å²) in [5.74, 6) is -0.145. The second-order valence-corrected chi connectivity index (χ2v) is 5.58. The van der Waals surface area contributed by atoms with Crippen molar-refractivity contribution in [1.29, 1.82) is 0 Å². The number of likely N-dealkylation sites (N-methyl/N-ethyl adjacent to an activating group) is 2. The monoisotopic (exact) mass is 281 g/mol. The molecule has 0 aliphatic heterocycles. The van der Waals surface area contributed by atoms with E-state index in [4.69, 9.17) is 0 Å². The molecule has 1 aromatic rings. The smallest absolute Gasteiger partial charge is 0.146 e. The Bertz CT molecular complexity index is 407. The Labute approximate surface area is 122 Å². The van der Waals surface area contributed by atoms with Crippen molar-refractivity contribution in [3.05, 3.63) is 29.6 Å². The van der Waals surface area contributed by atoms with Crippen LogP contribution in [0.25, 0.3) is 0 Å². The maximum Gasteiger partial charge on any atom is 0.146 e. The molecule has 1 N–H and O–H groups in total. The lowest BCUT2D eigenvalue weighted by molar-refractivity contribution is 0.415. The highest BCUT2D eigenvalue weighted by atomic mass is 19.1. The largest absolute Gasteiger partial charge is 0.371 e. The molecule has 0 fully saturated rings.